The van der Waals surface area contributed by atoms with Crippen molar-refractivity contribution in [1.29, 1.82) is 0 Å². The first-order valence-electron chi connectivity index (χ1n) is 6.03. The number of rotatable bonds is 5. The second-order valence-corrected chi connectivity index (χ2v) is 4.91. The van der Waals surface area contributed by atoms with Crippen molar-refractivity contribution in [3.05, 3.63) is 41.5 Å². The first kappa shape index (κ1) is 13.5. The van der Waals surface area contributed by atoms with Gasteiger partial charge in [-0.2, -0.15) is 0 Å². The summed E-state index contributed by atoms with van der Waals surface area (Å²) >= 11 is 0. The zero-order valence-corrected chi connectivity index (χ0v) is 11.1. The van der Waals surface area contributed by atoms with E-state index in [1.807, 2.05) is 38.1 Å². The molecule has 0 aliphatic heterocycles. The molecular formula is C15H21NO. The summed E-state index contributed by atoms with van der Waals surface area (Å²) in [5.74, 6) is 0.624. The predicted molar refractivity (Wildman–Crippen MR) is 73.5 cm³/mol. The highest BCUT2D eigenvalue weighted by atomic mass is 16.1. The lowest BCUT2D eigenvalue weighted by Gasteiger charge is -2.12. The van der Waals surface area contributed by atoms with Gasteiger partial charge in [0, 0.05) is 17.8 Å². The van der Waals surface area contributed by atoms with Gasteiger partial charge in [-0.05, 0) is 38.0 Å². The van der Waals surface area contributed by atoms with Crippen molar-refractivity contribution in [2.24, 2.45) is 5.92 Å². The average Bonchev–Trinajstić information content (AvgIpc) is 2.25. The van der Waals surface area contributed by atoms with Crippen molar-refractivity contribution < 1.29 is 4.79 Å². The molecule has 0 heterocycles. The Balaban J connectivity index is 2.91. The number of para-hydroxylation sites is 1. The monoisotopic (exact) mass is 231 g/mol. The molecule has 1 N–H and O–H groups in total. The number of hydrogen-bond donors (Lipinski definition) is 1. The van der Waals surface area contributed by atoms with Gasteiger partial charge in [0.1, 0.15) is 0 Å². The fourth-order valence-electron chi connectivity index (χ4n) is 1.51. The number of anilines is 1. The molecule has 0 spiro atoms. The molecule has 0 aliphatic rings. The van der Waals surface area contributed by atoms with Crippen LogP contribution in [0.4, 0.5) is 5.69 Å². The highest BCUT2D eigenvalue weighted by Crippen LogP contribution is 2.17. The van der Waals surface area contributed by atoms with Crippen LogP contribution in [0.25, 0.3) is 0 Å². The average molecular weight is 231 g/mol. The van der Waals surface area contributed by atoms with E-state index in [4.69, 9.17) is 0 Å². The third-order valence-electron chi connectivity index (χ3n) is 2.31. The van der Waals surface area contributed by atoms with E-state index in [1.165, 1.54) is 0 Å². The highest BCUT2D eigenvalue weighted by Gasteiger charge is 2.08. The van der Waals surface area contributed by atoms with E-state index in [9.17, 15) is 4.79 Å². The third-order valence-corrected chi connectivity index (χ3v) is 2.31. The molecule has 0 aromatic heterocycles. The fraction of sp³-hybridized carbons (Fsp3) is 0.400. The Bertz CT molecular complexity index is 415. The molecule has 0 amide bonds. The zero-order chi connectivity index (χ0) is 12.8. The zero-order valence-electron chi connectivity index (χ0n) is 11.1. The van der Waals surface area contributed by atoms with Crippen LogP contribution in [0.15, 0.2) is 35.9 Å². The molecule has 92 valence electrons. The topological polar surface area (TPSA) is 29.1 Å². The summed E-state index contributed by atoms with van der Waals surface area (Å²) < 4.78 is 0. The molecule has 0 atom stereocenters. The molecular weight excluding hydrogens is 210 g/mol. The Hall–Kier alpha value is -1.57. The van der Waals surface area contributed by atoms with Gasteiger partial charge in [-0.3, -0.25) is 4.79 Å². The molecule has 0 bridgehead atoms. The fourth-order valence-corrected chi connectivity index (χ4v) is 1.51. The van der Waals surface area contributed by atoms with Gasteiger partial charge in [0.25, 0.3) is 0 Å². The molecule has 2 nitrogen and oxygen atoms in total. The first-order valence-corrected chi connectivity index (χ1v) is 6.03. The second-order valence-electron chi connectivity index (χ2n) is 4.91. The molecule has 17 heavy (non-hydrogen) atoms. The minimum atomic E-state index is 0.0665. The summed E-state index contributed by atoms with van der Waals surface area (Å²) in [5, 5.41) is 3.32. The van der Waals surface area contributed by atoms with E-state index in [2.05, 4.69) is 19.2 Å². The number of hydrogen-bond acceptors (Lipinski definition) is 2. The van der Waals surface area contributed by atoms with Crippen molar-refractivity contribution in [1.82, 2.24) is 0 Å². The molecule has 0 unspecified atom stereocenters. The van der Waals surface area contributed by atoms with Crippen LogP contribution in [0, 0.1) is 5.92 Å². The van der Waals surface area contributed by atoms with Gasteiger partial charge in [-0.25, -0.2) is 0 Å². The van der Waals surface area contributed by atoms with E-state index < -0.39 is 0 Å². The summed E-state index contributed by atoms with van der Waals surface area (Å²) in [6.45, 7) is 9.03. The van der Waals surface area contributed by atoms with Gasteiger partial charge in [-0.15, -0.1) is 0 Å². The summed E-state index contributed by atoms with van der Waals surface area (Å²) in [4.78, 5) is 12.0. The van der Waals surface area contributed by atoms with Crippen LogP contribution in [-0.4, -0.2) is 12.3 Å². The van der Waals surface area contributed by atoms with E-state index in [0.29, 0.717) is 5.92 Å². The largest absolute Gasteiger partial charge is 0.384 e. The maximum absolute atomic E-state index is 12.0. The van der Waals surface area contributed by atoms with Crippen LogP contribution >= 0.6 is 0 Å². The van der Waals surface area contributed by atoms with Gasteiger partial charge >= 0.3 is 0 Å². The van der Waals surface area contributed by atoms with Crippen LogP contribution < -0.4 is 5.32 Å². The van der Waals surface area contributed by atoms with E-state index >= 15 is 0 Å². The Morgan fingerprint density at radius 1 is 1.29 bits per heavy atom. The van der Waals surface area contributed by atoms with E-state index in [1.54, 1.807) is 6.08 Å². The second kappa shape index (κ2) is 6.24. The lowest BCUT2D eigenvalue weighted by molar-refractivity contribution is 0.104. The Morgan fingerprint density at radius 3 is 2.53 bits per heavy atom. The highest BCUT2D eigenvalue weighted by molar-refractivity contribution is 6.08. The van der Waals surface area contributed by atoms with Crippen LogP contribution in [0.3, 0.4) is 0 Å². The maximum atomic E-state index is 12.0. The Labute approximate surface area is 104 Å². The SMILES string of the molecule is CC(C)=CC(=O)c1ccccc1NCC(C)C. The lowest BCUT2D eigenvalue weighted by atomic mass is 10.1. The molecule has 0 saturated heterocycles. The van der Waals surface area contributed by atoms with Crippen molar-refractivity contribution >= 4 is 11.5 Å². The van der Waals surface area contributed by atoms with Gasteiger partial charge < -0.3 is 5.32 Å². The molecule has 0 radical (unpaired) electrons. The van der Waals surface area contributed by atoms with Crippen molar-refractivity contribution in [2.75, 3.05) is 11.9 Å². The smallest absolute Gasteiger partial charge is 0.187 e. The van der Waals surface area contributed by atoms with E-state index in [0.717, 1.165) is 23.4 Å². The van der Waals surface area contributed by atoms with Crippen LogP contribution in [0.1, 0.15) is 38.1 Å². The molecule has 0 aliphatic carbocycles. The standard InChI is InChI=1S/C15H21NO/c1-11(2)9-15(17)13-7-5-6-8-14(13)16-10-12(3)4/h5-9,12,16H,10H2,1-4H3. The van der Waals surface area contributed by atoms with Gasteiger partial charge in [0.05, 0.1) is 0 Å². The lowest BCUT2D eigenvalue weighted by Crippen LogP contribution is -2.11. The minimum absolute atomic E-state index is 0.0665. The van der Waals surface area contributed by atoms with Crippen molar-refractivity contribution in [2.45, 2.75) is 27.7 Å². The number of allylic oxidation sites excluding steroid dienone is 2. The molecule has 1 aromatic rings. The number of benzene rings is 1. The minimum Gasteiger partial charge on any atom is -0.384 e. The summed E-state index contributed by atoms with van der Waals surface area (Å²) in [5.41, 5.74) is 2.69. The molecule has 1 rings (SSSR count). The molecule has 2 heteroatoms. The normalized spacial score (nSPS) is 10.2. The van der Waals surface area contributed by atoms with E-state index in [-0.39, 0.29) is 5.78 Å². The summed E-state index contributed by atoms with van der Waals surface area (Å²) in [7, 11) is 0. The maximum Gasteiger partial charge on any atom is 0.187 e. The van der Waals surface area contributed by atoms with Gasteiger partial charge in [0.15, 0.2) is 5.78 Å². The quantitative estimate of drug-likeness (QED) is 0.615. The van der Waals surface area contributed by atoms with Crippen molar-refractivity contribution in [3.8, 4) is 0 Å². The van der Waals surface area contributed by atoms with Crippen LogP contribution in [0.5, 0.6) is 0 Å². The number of nitrogens with one attached hydrogen (secondary N) is 1. The third kappa shape index (κ3) is 4.43. The van der Waals surface area contributed by atoms with Gasteiger partial charge in [0.2, 0.25) is 0 Å². The number of carbonyl (C=O) groups excluding carboxylic acids is 1. The first-order chi connectivity index (χ1) is 8.00. The van der Waals surface area contributed by atoms with Crippen LogP contribution in [-0.2, 0) is 0 Å². The summed E-state index contributed by atoms with van der Waals surface area (Å²) in [6.07, 6.45) is 1.68. The number of carbonyl (C=O) groups is 1. The Kier molecular flexibility index (Phi) is 4.95. The van der Waals surface area contributed by atoms with Crippen molar-refractivity contribution in [3.63, 3.8) is 0 Å². The predicted octanol–water partition coefficient (Wildman–Crippen LogP) is 3.90. The molecule has 1 aromatic carbocycles. The summed E-state index contributed by atoms with van der Waals surface area (Å²) in [6, 6.07) is 7.66. The molecule has 0 fully saturated rings. The number of ketones is 1. The van der Waals surface area contributed by atoms with Gasteiger partial charge in [-0.1, -0.05) is 31.6 Å². The molecule has 0 saturated carbocycles. The van der Waals surface area contributed by atoms with Crippen LogP contribution in [0.2, 0.25) is 0 Å². The Morgan fingerprint density at radius 2 is 1.94 bits per heavy atom.